The van der Waals surface area contributed by atoms with Crippen LogP contribution in [0.3, 0.4) is 0 Å². The van der Waals surface area contributed by atoms with Gasteiger partial charge in [-0.2, -0.15) is 0 Å². The van der Waals surface area contributed by atoms with E-state index in [0.29, 0.717) is 29.6 Å². The number of ether oxygens (including phenoxy) is 4. The second-order valence-electron chi connectivity index (χ2n) is 12.3. The molecule has 1 saturated heterocycles. The van der Waals surface area contributed by atoms with E-state index in [-0.39, 0.29) is 12.2 Å². The molecule has 0 amide bonds. The summed E-state index contributed by atoms with van der Waals surface area (Å²) in [5, 5.41) is 11.9. The number of esters is 2. The average molecular weight is 565 g/mol. The number of fused-ring (bicyclic) bond motifs is 3. The minimum Gasteiger partial charge on any atom is -0.459 e. The number of aliphatic hydroxyl groups is 1. The van der Waals surface area contributed by atoms with Crippen LogP contribution in [0.1, 0.15) is 59.4 Å². The first-order chi connectivity index (χ1) is 19.2. The van der Waals surface area contributed by atoms with Gasteiger partial charge in [0.15, 0.2) is 17.5 Å². The summed E-state index contributed by atoms with van der Waals surface area (Å²) in [6.45, 7) is 12.6. The summed E-state index contributed by atoms with van der Waals surface area (Å²) in [5.41, 5.74) is -1.59. The Morgan fingerprint density at radius 3 is 2.46 bits per heavy atom. The van der Waals surface area contributed by atoms with Gasteiger partial charge >= 0.3 is 18.1 Å². The van der Waals surface area contributed by atoms with Crippen molar-refractivity contribution in [1.82, 2.24) is 0 Å². The van der Waals surface area contributed by atoms with Gasteiger partial charge in [0.05, 0.1) is 6.42 Å². The fraction of sp³-hybridized carbons (Fsp3) is 0.500. The lowest BCUT2D eigenvalue weighted by atomic mass is 9.48. The van der Waals surface area contributed by atoms with Gasteiger partial charge in [-0.15, -0.1) is 0 Å². The number of carbonyl (C=O) groups is 4. The Labute approximate surface area is 239 Å². The SMILES string of the molecule is C=C1[C@@H](OC(=O)/C=C/c2ccccc2)CC[C@@]2(C)[C@@H](OC(C)=O)[C@H](O)C3=C(C)C(=O)C[C@]4(OC(=O)O[C@H]4[C@H]12)C3(C)C. The van der Waals surface area contributed by atoms with E-state index in [1.807, 2.05) is 37.3 Å². The number of carbonyl (C=O) groups excluding carboxylic acids is 4. The molecule has 2 bridgehead atoms. The van der Waals surface area contributed by atoms with E-state index >= 15 is 0 Å². The van der Waals surface area contributed by atoms with Crippen molar-refractivity contribution < 1.29 is 43.2 Å². The summed E-state index contributed by atoms with van der Waals surface area (Å²) in [6.07, 6.45) is -1.71. The van der Waals surface area contributed by atoms with E-state index in [0.717, 1.165) is 5.56 Å². The molecule has 3 fully saturated rings. The molecule has 1 N–H and O–H groups in total. The van der Waals surface area contributed by atoms with Gasteiger partial charge in [0, 0.05) is 29.7 Å². The highest BCUT2D eigenvalue weighted by molar-refractivity contribution is 5.98. The maximum absolute atomic E-state index is 13.4. The molecular weight excluding hydrogens is 528 g/mol. The maximum atomic E-state index is 13.4. The third kappa shape index (κ3) is 4.41. The maximum Gasteiger partial charge on any atom is 0.509 e. The summed E-state index contributed by atoms with van der Waals surface area (Å²) in [6, 6.07) is 9.31. The largest absolute Gasteiger partial charge is 0.509 e. The van der Waals surface area contributed by atoms with Crippen molar-refractivity contribution in [3.63, 3.8) is 0 Å². The van der Waals surface area contributed by atoms with Crippen molar-refractivity contribution in [2.45, 2.75) is 83.9 Å². The fourth-order valence-corrected chi connectivity index (χ4v) is 7.62. The molecule has 5 rings (SSSR count). The average Bonchev–Trinajstić information content (AvgIpc) is 3.23. The Bertz CT molecular complexity index is 1370. The first kappa shape index (κ1) is 28.8. The molecule has 2 saturated carbocycles. The summed E-state index contributed by atoms with van der Waals surface area (Å²) in [4.78, 5) is 51.5. The Balaban J connectivity index is 1.59. The fourth-order valence-electron chi connectivity index (χ4n) is 7.62. The molecule has 3 aliphatic carbocycles. The highest BCUT2D eigenvalue weighted by atomic mass is 16.8. The third-order valence-corrected chi connectivity index (χ3v) is 9.69. The summed E-state index contributed by atoms with van der Waals surface area (Å²) >= 11 is 0. The Morgan fingerprint density at radius 2 is 1.80 bits per heavy atom. The lowest BCUT2D eigenvalue weighted by Crippen LogP contribution is -2.68. The van der Waals surface area contributed by atoms with Crippen LogP contribution >= 0.6 is 0 Å². The monoisotopic (exact) mass is 564 g/mol. The topological polar surface area (TPSA) is 125 Å². The molecule has 9 heteroatoms. The zero-order chi connectivity index (χ0) is 29.9. The Kier molecular flexibility index (Phi) is 7.01. The third-order valence-electron chi connectivity index (χ3n) is 9.69. The van der Waals surface area contributed by atoms with Gasteiger partial charge in [-0.05, 0) is 48.1 Å². The van der Waals surface area contributed by atoms with Crippen LogP contribution in [-0.2, 0) is 33.3 Å². The molecule has 41 heavy (non-hydrogen) atoms. The molecule has 7 atom stereocenters. The van der Waals surface area contributed by atoms with E-state index in [4.69, 9.17) is 18.9 Å². The zero-order valence-corrected chi connectivity index (χ0v) is 24.0. The molecule has 1 heterocycles. The van der Waals surface area contributed by atoms with Crippen LogP contribution in [0.5, 0.6) is 0 Å². The predicted molar refractivity (Wildman–Crippen MR) is 147 cm³/mol. The van der Waals surface area contributed by atoms with Gasteiger partial charge in [0.25, 0.3) is 0 Å². The molecule has 1 spiro atoms. The number of benzene rings is 1. The lowest BCUT2D eigenvalue weighted by molar-refractivity contribution is -0.195. The van der Waals surface area contributed by atoms with Crippen LogP contribution in [0, 0.1) is 16.7 Å². The van der Waals surface area contributed by atoms with Gasteiger partial charge in [0.2, 0.25) is 0 Å². The first-order valence-electron chi connectivity index (χ1n) is 13.8. The van der Waals surface area contributed by atoms with Crippen LogP contribution in [-0.4, -0.2) is 59.0 Å². The molecule has 0 unspecified atom stereocenters. The number of hydrogen-bond acceptors (Lipinski definition) is 9. The van der Waals surface area contributed by atoms with E-state index in [9.17, 15) is 24.3 Å². The van der Waals surface area contributed by atoms with Crippen LogP contribution < -0.4 is 0 Å². The standard InChI is InChI=1S/C32H36O9/c1-17-21(34)16-32-27(40-29(37)41-32)25-18(2)22(39-23(35)13-12-20-10-8-7-9-11-20)14-15-31(25,6)28(38-19(3)33)26(36)24(17)30(32,4)5/h7-13,22,25-28,36H,2,14-16H2,1,3-6H3/b13-12+/t22-,25-,26+,27-,28-,31+,32+/m0/s1. The van der Waals surface area contributed by atoms with Gasteiger partial charge in [0.1, 0.15) is 18.3 Å². The van der Waals surface area contributed by atoms with E-state index < -0.39 is 64.9 Å². The second kappa shape index (κ2) is 9.98. The Morgan fingerprint density at radius 1 is 1.12 bits per heavy atom. The number of Topliss-reactive ketones (excluding diaryl/α,β-unsaturated/α-hetero) is 1. The molecule has 1 aliphatic heterocycles. The van der Waals surface area contributed by atoms with Crippen LogP contribution in [0.25, 0.3) is 6.08 Å². The molecule has 0 aromatic heterocycles. The number of allylic oxidation sites excluding steroid dienone is 1. The summed E-state index contributed by atoms with van der Waals surface area (Å²) < 4.78 is 23.5. The first-order valence-corrected chi connectivity index (χ1v) is 13.8. The molecule has 218 valence electrons. The van der Waals surface area contributed by atoms with Crippen LogP contribution in [0.4, 0.5) is 4.79 Å². The smallest absolute Gasteiger partial charge is 0.459 e. The van der Waals surface area contributed by atoms with Crippen molar-refractivity contribution in [2.75, 3.05) is 0 Å². The van der Waals surface area contributed by atoms with Crippen LogP contribution in [0.2, 0.25) is 0 Å². The molecule has 1 aromatic rings. The molecular formula is C32H36O9. The Hall–Kier alpha value is -3.72. The molecule has 4 aliphatic rings. The predicted octanol–water partition coefficient (Wildman–Crippen LogP) is 4.48. The number of ketones is 1. The molecule has 1 aromatic carbocycles. The van der Waals surface area contributed by atoms with Gasteiger partial charge in [-0.3, -0.25) is 9.59 Å². The second-order valence-corrected chi connectivity index (χ2v) is 12.3. The summed E-state index contributed by atoms with van der Waals surface area (Å²) in [7, 11) is 0. The highest BCUT2D eigenvalue weighted by Gasteiger charge is 2.73. The van der Waals surface area contributed by atoms with Crippen molar-refractivity contribution in [2.24, 2.45) is 16.7 Å². The lowest BCUT2D eigenvalue weighted by Gasteiger charge is -2.60. The minimum absolute atomic E-state index is 0.152. The minimum atomic E-state index is -1.47. The van der Waals surface area contributed by atoms with Crippen molar-refractivity contribution in [3.8, 4) is 0 Å². The normalized spacial score (nSPS) is 36.0. The zero-order valence-electron chi connectivity index (χ0n) is 24.0. The highest BCUT2D eigenvalue weighted by Crippen LogP contribution is 2.64. The van der Waals surface area contributed by atoms with E-state index in [1.54, 1.807) is 26.8 Å². The van der Waals surface area contributed by atoms with Crippen LogP contribution in [0.15, 0.2) is 59.7 Å². The van der Waals surface area contributed by atoms with E-state index in [2.05, 4.69) is 6.58 Å². The van der Waals surface area contributed by atoms with Crippen molar-refractivity contribution in [3.05, 3.63) is 65.3 Å². The van der Waals surface area contributed by atoms with Gasteiger partial charge in [-0.1, -0.05) is 57.7 Å². The summed E-state index contributed by atoms with van der Waals surface area (Å²) in [5.74, 6) is -2.27. The van der Waals surface area contributed by atoms with Crippen molar-refractivity contribution in [1.29, 1.82) is 0 Å². The van der Waals surface area contributed by atoms with Gasteiger partial charge < -0.3 is 24.1 Å². The number of rotatable bonds is 4. The molecule has 9 nitrogen and oxygen atoms in total. The number of aliphatic hydroxyl groups excluding tert-OH is 1. The van der Waals surface area contributed by atoms with Gasteiger partial charge in [-0.25, -0.2) is 9.59 Å². The molecule has 0 radical (unpaired) electrons. The number of hydrogen-bond donors (Lipinski definition) is 1. The van der Waals surface area contributed by atoms with E-state index in [1.165, 1.54) is 13.0 Å². The quantitative estimate of drug-likeness (QED) is 0.244. The van der Waals surface area contributed by atoms with Crippen molar-refractivity contribution >= 4 is 30.0 Å².